The minimum Gasteiger partial charge on any atom is -0.449 e. The molecule has 1 N–H and O–H groups in total. The van der Waals surface area contributed by atoms with Gasteiger partial charge in [0.1, 0.15) is 0 Å². The maximum absolute atomic E-state index is 12.2. The van der Waals surface area contributed by atoms with Crippen molar-refractivity contribution in [1.82, 2.24) is 10.4 Å². The Kier molecular flexibility index (Phi) is 9.55. The maximum Gasteiger partial charge on any atom is 0.429 e. The van der Waals surface area contributed by atoms with Crippen molar-refractivity contribution in [3.8, 4) is 0 Å². The first-order valence-corrected chi connectivity index (χ1v) is 9.44. The fourth-order valence-corrected chi connectivity index (χ4v) is 2.75. The van der Waals surface area contributed by atoms with Gasteiger partial charge in [-0.1, -0.05) is 51.0 Å². The Morgan fingerprint density at radius 2 is 1.58 bits per heavy atom. The van der Waals surface area contributed by atoms with Crippen LogP contribution in [0.15, 0.2) is 24.3 Å². The third-order valence-corrected chi connectivity index (χ3v) is 4.48. The predicted octanol–water partition coefficient (Wildman–Crippen LogP) is 4.85. The lowest BCUT2D eigenvalue weighted by molar-refractivity contribution is 0.0582. The van der Waals surface area contributed by atoms with E-state index < -0.39 is 12.2 Å². The first-order valence-electron chi connectivity index (χ1n) is 9.44. The van der Waals surface area contributed by atoms with Gasteiger partial charge in [-0.05, 0) is 44.2 Å². The number of hydrogen-bond donors (Lipinski definition) is 1. The molecule has 1 aromatic carbocycles. The van der Waals surface area contributed by atoms with Gasteiger partial charge in [-0.2, -0.15) is 0 Å². The molecule has 0 spiro atoms. The largest absolute Gasteiger partial charge is 0.449 e. The van der Waals surface area contributed by atoms with Crippen molar-refractivity contribution >= 4 is 12.2 Å². The summed E-state index contributed by atoms with van der Waals surface area (Å²) in [5.41, 5.74) is 4.64. The van der Waals surface area contributed by atoms with E-state index in [9.17, 15) is 9.59 Å². The van der Waals surface area contributed by atoms with Crippen LogP contribution in [-0.2, 0) is 15.9 Å². The van der Waals surface area contributed by atoms with Gasteiger partial charge in [0.15, 0.2) is 0 Å². The highest BCUT2D eigenvalue weighted by Crippen LogP contribution is 2.22. The van der Waals surface area contributed by atoms with Gasteiger partial charge in [0.25, 0.3) is 0 Å². The molecular weight excluding hydrogens is 332 g/mol. The summed E-state index contributed by atoms with van der Waals surface area (Å²) in [4.78, 5) is 24.0. The van der Waals surface area contributed by atoms with Crippen LogP contribution >= 0.6 is 0 Å². The van der Waals surface area contributed by atoms with E-state index in [1.54, 1.807) is 13.8 Å². The minimum absolute atomic E-state index is 0.223. The van der Waals surface area contributed by atoms with Crippen LogP contribution in [0.2, 0.25) is 0 Å². The van der Waals surface area contributed by atoms with Crippen molar-refractivity contribution in [3.63, 3.8) is 0 Å². The average molecular weight is 364 g/mol. The third-order valence-electron chi connectivity index (χ3n) is 4.48. The second-order valence-electron chi connectivity index (χ2n) is 6.21. The van der Waals surface area contributed by atoms with Crippen LogP contribution in [0.4, 0.5) is 9.59 Å². The molecule has 26 heavy (non-hydrogen) atoms. The van der Waals surface area contributed by atoms with Crippen LogP contribution in [-0.4, -0.2) is 30.4 Å². The molecule has 0 aliphatic heterocycles. The molecule has 0 aromatic heterocycles. The fraction of sp³-hybridized carbons (Fsp3) is 0.600. The Labute approximate surface area is 156 Å². The number of ether oxygens (including phenoxy) is 2. The molecule has 146 valence electrons. The van der Waals surface area contributed by atoms with Gasteiger partial charge in [-0.15, -0.1) is 0 Å². The highest BCUT2D eigenvalue weighted by atomic mass is 16.6. The summed E-state index contributed by atoms with van der Waals surface area (Å²) in [5, 5.41) is 1.16. The summed E-state index contributed by atoms with van der Waals surface area (Å²) < 4.78 is 9.92. The van der Waals surface area contributed by atoms with Gasteiger partial charge in [-0.3, -0.25) is 0 Å². The lowest BCUT2D eigenvalue weighted by Gasteiger charge is -2.28. The molecule has 1 atom stereocenters. The maximum atomic E-state index is 12.2. The number of amides is 2. The summed E-state index contributed by atoms with van der Waals surface area (Å²) in [5.74, 6) is 0.680. The monoisotopic (exact) mass is 364 g/mol. The van der Waals surface area contributed by atoms with Crippen LogP contribution in [0.3, 0.4) is 0 Å². The molecule has 0 bridgehead atoms. The zero-order valence-corrected chi connectivity index (χ0v) is 16.6. The first-order chi connectivity index (χ1) is 12.5. The SMILES string of the molecule is CCOC(=O)NN(C(=O)OCC)C(C)c1ccc(CC(CC)CC)cc1. The van der Waals surface area contributed by atoms with E-state index >= 15 is 0 Å². The fourth-order valence-electron chi connectivity index (χ4n) is 2.75. The lowest BCUT2D eigenvalue weighted by Crippen LogP contribution is -2.48. The van der Waals surface area contributed by atoms with E-state index in [0.29, 0.717) is 5.92 Å². The Morgan fingerprint density at radius 1 is 1.00 bits per heavy atom. The number of carbonyl (C=O) groups is 2. The van der Waals surface area contributed by atoms with E-state index in [4.69, 9.17) is 9.47 Å². The van der Waals surface area contributed by atoms with Gasteiger partial charge in [0, 0.05) is 0 Å². The molecule has 0 radical (unpaired) electrons. The zero-order valence-electron chi connectivity index (χ0n) is 16.6. The van der Waals surface area contributed by atoms with E-state index in [0.717, 1.165) is 29.8 Å². The van der Waals surface area contributed by atoms with Crippen LogP contribution in [0.25, 0.3) is 0 Å². The summed E-state index contributed by atoms with van der Waals surface area (Å²) in [6, 6.07) is 7.75. The number of carbonyl (C=O) groups excluding carboxylic acids is 2. The highest BCUT2D eigenvalue weighted by molar-refractivity contribution is 5.74. The van der Waals surface area contributed by atoms with Gasteiger partial charge < -0.3 is 9.47 Å². The second kappa shape index (κ2) is 11.4. The molecule has 0 aliphatic rings. The molecule has 0 heterocycles. The Hall–Kier alpha value is -2.24. The van der Waals surface area contributed by atoms with Crippen molar-refractivity contribution in [3.05, 3.63) is 35.4 Å². The van der Waals surface area contributed by atoms with Crippen LogP contribution in [0.1, 0.15) is 64.6 Å². The van der Waals surface area contributed by atoms with Crippen molar-refractivity contribution in [1.29, 1.82) is 0 Å². The zero-order chi connectivity index (χ0) is 19.5. The highest BCUT2D eigenvalue weighted by Gasteiger charge is 2.25. The molecule has 0 fully saturated rings. The van der Waals surface area contributed by atoms with Crippen LogP contribution < -0.4 is 5.43 Å². The summed E-state index contributed by atoms with van der Waals surface area (Å²) in [6.45, 7) is 10.1. The van der Waals surface area contributed by atoms with Gasteiger partial charge in [0.05, 0.1) is 19.3 Å². The van der Waals surface area contributed by atoms with E-state index in [2.05, 4.69) is 31.4 Å². The number of nitrogens with zero attached hydrogens (tertiary/aromatic N) is 1. The van der Waals surface area contributed by atoms with Gasteiger partial charge in [-0.25, -0.2) is 20.0 Å². The molecule has 0 aliphatic carbocycles. The topological polar surface area (TPSA) is 67.9 Å². The van der Waals surface area contributed by atoms with Gasteiger partial charge >= 0.3 is 12.2 Å². The molecule has 0 saturated heterocycles. The Bertz CT molecular complexity index is 555. The van der Waals surface area contributed by atoms with Crippen molar-refractivity contribution < 1.29 is 19.1 Å². The third kappa shape index (κ3) is 6.58. The van der Waals surface area contributed by atoms with E-state index in [-0.39, 0.29) is 19.3 Å². The minimum atomic E-state index is -0.683. The summed E-state index contributed by atoms with van der Waals surface area (Å²) in [6.07, 6.45) is 2.07. The first kappa shape index (κ1) is 21.8. The van der Waals surface area contributed by atoms with E-state index in [1.807, 2.05) is 19.1 Å². The van der Waals surface area contributed by atoms with Crippen LogP contribution in [0, 0.1) is 5.92 Å². The summed E-state index contributed by atoms with van der Waals surface area (Å²) in [7, 11) is 0. The summed E-state index contributed by atoms with van der Waals surface area (Å²) >= 11 is 0. The Morgan fingerprint density at radius 3 is 2.08 bits per heavy atom. The molecule has 0 saturated carbocycles. The molecule has 1 rings (SSSR count). The van der Waals surface area contributed by atoms with Crippen molar-refractivity contribution in [2.75, 3.05) is 13.2 Å². The van der Waals surface area contributed by atoms with E-state index in [1.165, 1.54) is 5.56 Å². The normalized spacial score (nSPS) is 11.8. The molecule has 1 aromatic rings. The molecular formula is C20H32N2O4. The average Bonchev–Trinajstić information content (AvgIpc) is 2.64. The number of hydrogen-bond acceptors (Lipinski definition) is 4. The van der Waals surface area contributed by atoms with Crippen LogP contribution in [0.5, 0.6) is 0 Å². The Balaban J connectivity index is 2.90. The number of hydrazine groups is 1. The standard InChI is InChI=1S/C20H32N2O4/c1-6-16(7-2)14-17-10-12-18(13-11-17)15(5)22(20(24)26-9-4)21-19(23)25-8-3/h10-13,15-16H,6-9,14H2,1-5H3,(H,21,23). The van der Waals surface area contributed by atoms with Crippen molar-refractivity contribution in [2.24, 2.45) is 5.92 Å². The molecule has 1 unspecified atom stereocenters. The number of rotatable bonds is 8. The number of benzene rings is 1. The predicted molar refractivity (Wildman–Crippen MR) is 102 cm³/mol. The smallest absolute Gasteiger partial charge is 0.429 e. The number of nitrogens with one attached hydrogen (secondary N) is 1. The quantitative estimate of drug-likeness (QED) is 0.670. The molecule has 6 nitrogen and oxygen atoms in total. The van der Waals surface area contributed by atoms with Crippen molar-refractivity contribution in [2.45, 2.75) is 59.9 Å². The lowest BCUT2D eigenvalue weighted by atomic mass is 9.93. The second-order valence-corrected chi connectivity index (χ2v) is 6.21. The molecule has 6 heteroatoms. The molecule has 2 amide bonds. The van der Waals surface area contributed by atoms with Gasteiger partial charge in [0.2, 0.25) is 0 Å².